The van der Waals surface area contributed by atoms with Crippen molar-refractivity contribution in [3.05, 3.63) is 18.2 Å². The van der Waals surface area contributed by atoms with Crippen molar-refractivity contribution >= 4 is 5.82 Å². The van der Waals surface area contributed by atoms with Gasteiger partial charge in [-0.1, -0.05) is 18.9 Å². The third-order valence-electron chi connectivity index (χ3n) is 3.53. The molecule has 2 atom stereocenters. The highest BCUT2D eigenvalue weighted by Gasteiger charge is 2.21. The Balaban J connectivity index is 1.87. The molecule has 1 saturated carbocycles. The summed E-state index contributed by atoms with van der Waals surface area (Å²) in [5.41, 5.74) is 6.14. The van der Waals surface area contributed by atoms with E-state index in [-0.39, 0.29) is 0 Å². The minimum Gasteiger partial charge on any atom is -0.478 e. The number of ether oxygens (including phenoxy) is 1. The molecule has 3 N–H and O–H groups in total. The Labute approximate surface area is 109 Å². The highest BCUT2D eigenvalue weighted by atomic mass is 16.5. The molecular weight excluding hydrogens is 226 g/mol. The molecule has 100 valence electrons. The predicted octanol–water partition coefficient (Wildman–Crippen LogP) is 2.41. The molecule has 0 radical (unpaired) electrons. The fraction of sp³-hybridized carbons (Fsp3) is 0.643. The lowest BCUT2D eigenvalue weighted by atomic mass is 9.85. The summed E-state index contributed by atoms with van der Waals surface area (Å²) < 4.78 is 5.38. The largest absolute Gasteiger partial charge is 0.478 e. The van der Waals surface area contributed by atoms with E-state index in [0.717, 1.165) is 18.8 Å². The molecule has 1 heterocycles. The zero-order valence-electron chi connectivity index (χ0n) is 11.1. The average molecular weight is 249 g/mol. The van der Waals surface area contributed by atoms with Gasteiger partial charge in [0, 0.05) is 18.7 Å². The second kappa shape index (κ2) is 6.59. The lowest BCUT2D eigenvalue weighted by Crippen LogP contribution is -2.37. The molecule has 2 unspecified atom stereocenters. The Morgan fingerprint density at radius 2 is 2.22 bits per heavy atom. The standard InChI is InChI=1S/C14H23N3O/c1-2-18-14-9-5-8-13(17-14)16-10-11-6-3-4-7-12(11)15/h5,8-9,11-12H,2-4,6-7,10,15H2,1H3,(H,16,17). The van der Waals surface area contributed by atoms with Crippen LogP contribution in [0.15, 0.2) is 18.2 Å². The summed E-state index contributed by atoms with van der Waals surface area (Å²) in [4.78, 5) is 4.40. The number of hydrogen-bond donors (Lipinski definition) is 2. The van der Waals surface area contributed by atoms with E-state index in [4.69, 9.17) is 10.5 Å². The lowest BCUT2D eigenvalue weighted by Gasteiger charge is -2.28. The first-order valence-corrected chi connectivity index (χ1v) is 6.89. The number of anilines is 1. The first-order valence-electron chi connectivity index (χ1n) is 6.89. The Morgan fingerprint density at radius 3 is 3.00 bits per heavy atom. The number of rotatable bonds is 5. The maximum atomic E-state index is 6.14. The molecular formula is C14H23N3O. The molecule has 2 rings (SSSR count). The van der Waals surface area contributed by atoms with Gasteiger partial charge in [-0.15, -0.1) is 0 Å². The minimum atomic E-state index is 0.335. The number of aromatic nitrogens is 1. The van der Waals surface area contributed by atoms with E-state index in [2.05, 4.69) is 10.3 Å². The van der Waals surface area contributed by atoms with Gasteiger partial charge in [0.1, 0.15) is 5.82 Å². The van der Waals surface area contributed by atoms with Crippen LogP contribution in [0, 0.1) is 5.92 Å². The first-order chi connectivity index (χ1) is 8.79. The molecule has 0 amide bonds. The van der Waals surface area contributed by atoms with Gasteiger partial charge in [-0.3, -0.25) is 0 Å². The van der Waals surface area contributed by atoms with Crippen LogP contribution in [-0.2, 0) is 0 Å². The Kier molecular flexibility index (Phi) is 4.81. The fourth-order valence-corrected chi connectivity index (χ4v) is 2.47. The first kappa shape index (κ1) is 13.1. The van der Waals surface area contributed by atoms with E-state index < -0.39 is 0 Å². The van der Waals surface area contributed by atoms with Gasteiger partial charge in [0.05, 0.1) is 6.61 Å². The van der Waals surface area contributed by atoms with Crippen LogP contribution in [0.2, 0.25) is 0 Å². The SMILES string of the molecule is CCOc1cccc(NCC2CCCCC2N)n1. The van der Waals surface area contributed by atoms with Crippen LogP contribution in [0.25, 0.3) is 0 Å². The highest BCUT2D eigenvalue weighted by molar-refractivity contribution is 5.37. The van der Waals surface area contributed by atoms with Gasteiger partial charge in [-0.25, -0.2) is 0 Å². The molecule has 0 bridgehead atoms. The summed E-state index contributed by atoms with van der Waals surface area (Å²) in [6, 6.07) is 6.14. The number of nitrogens with one attached hydrogen (secondary N) is 1. The maximum Gasteiger partial charge on any atom is 0.215 e. The highest BCUT2D eigenvalue weighted by Crippen LogP contribution is 2.23. The third kappa shape index (κ3) is 3.60. The van der Waals surface area contributed by atoms with E-state index in [1.807, 2.05) is 25.1 Å². The molecule has 0 aliphatic heterocycles. The monoisotopic (exact) mass is 249 g/mol. The van der Waals surface area contributed by atoms with Gasteiger partial charge >= 0.3 is 0 Å². The van der Waals surface area contributed by atoms with Crippen LogP contribution in [0.4, 0.5) is 5.82 Å². The molecule has 4 nitrogen and oxygen atoms in total. The van der Waals surface area contributed by atoms with Crippen molar-refractivity contribution in [3.8, 4) is 5.88 Å². The normalized spacial score (nSPS) is 23.7. The van der Waals surface area contributed by atoms with Gasteiger partial charge in [0.2, 0.25) is 5.88 Å². The predicted molar refractivity (Wildman–Crippen MR) is 73.8 cm³/mol. The van der Waals surface area contributed by atoms with Gasteiger partial charge < -0.3 is 15.8 Å². The van der Waals surface area contributed by atoms with Crippen LogP contribution in [0.3, 0.4) is 0 Å². The van der Waals surface area contributed by atoms with Crippen LogP contribution < -0.4 is 15.8 Å². The molecule has 1 fully saturated rings. The number of pyridine rings is 1. The summed E-state index contributed by atoms with van der Waals surface area (Å²) in [7, 11) is 0. The van der Waals surface area contributed by atoms with E-state index >= 15 is 0 Å². The van der Waals surface area contributed by atoms with Crippen molar-refractivity contribution in [2.75, 3.05) is 18.5 Å². The quantitative estimate of drug-likeness (QED) is 0.841. The van der Waals surface area contributed by atoms with Crippen LogP contribution >= 0.6 is 0 Å². The summed E-state index contributed by atoms with van der Waals surface area (Å²) >= 11 is 0. The Morgan fingerprint density at radius 1 is 1.39 bits per heavy atom. The molecule has 1 aliphatic carbocycles. The molecule has 1 aliphatic rings. The zero-order valence-corrected chi connectivity index (χ0v) is 11.1. The molecule has 0 saturated heterocycles. The number of hydrogen-bond acceptors (Lipinski definition) is 4. The minimum absolute atomic E-state index is 0.335. The van der Waals surface area contributed by atoms with Crippen LogP contribution in [0.1, 0.15) is 32.6 Å². The number of nitrogens with zero attached hydrogens (tertiary/aromatic N) is 1. The molecule has 18 heavy (non-hydrogen) atoms. The topological polar surface area (TPSA) is 60.2 Å². The molecule has 1 aromatic rings. The van der Waals surface area contributed by atoms with E-state index in [0.29, 0.717) is 24.4 Å². The second-order valence-electron chi connectivity index (χ2n) is 4.88. The third-order valence-corrected chi connectivity index (χ3v) is 3.53. The smallest absolute Gasteiger partial charge is 0.215 e. The summed E-state index contributed by atoms with van der Waals surface area (Å²) in [6.07, 6.45) is 4.94. The summed E-state index contributed by atoms with van der Waals surface area (Å²) in [5.74, 6) is 2.12. The van der Waals surface area contributed by atoms with Crippen LogP contribution in [0.5, 0.6) is 5.88 Å². The molecule has 0 spiro atoms. The average Bonchev–Trinajstić information content (AvgIpc) is 2.39. The Bertz CT molecular complexity index is 370. The van der Waals surface area contributed by atoms with Crippen molar-refractivity contribution in [1.29, 1.82) is 0 Å². The lowest BCUT2D eigenvalue weighted by molar-refractivity contribution is 0.319. The van der Waals surface area contributed by atoms with Gasteiger partial charge in [0.15, 0.2) is 0 Å². The van der Waals surface area contributed by atoms with E-state index in [1.54, 1.807) is 0 Å². The van der Waals surface area contributed by atoms with Crippen molar-refractivity contribution < 1.29 is 4.74 Å². The molecule has 4 heteroatoms. The Hall–Kier alpha value is -1.29. The van der Waals surface area contributed by atoms with Crippen molar-refractivity contribution in [2.24, 2.45) is 11.7 Å². The molecule has 0 aromatic carbocycles. The second-order valence-corrected chi connectivity index (χ2v) is 4.88. The van der Waals surface area contributed by atoms with Crippen LogP contribution in [-0.4, -0.2) is 24.2 Å². The molecule has 1 aromatic heterocycles. The van der Waals surface area contributed by atoms with Crippen molar-refractivity contribution in [1.82, 2.24) is 4.98 Å². The van der Waals surface area contributed by atoms with Gasteiger partial charge in [0.25, 0.3) is 0 Å². The van der Waals surface area contributed by atoms with E-state index in [9.17, 15) is 0 Å². The maximum absolute atomic E-state index is 6.14. The summed E-state index contributed by atoms with van der Waals surface area (Å²) in [5, 5.41) is 3.37. The van der Waals surface area contributed by atoms with Gasteiger partial charge in [-0.2, -0.15) is 4.98 Å². The summed E-state index contributed by atoms with van der Waals surface area (Å²) in [6.45, 7) is 3.51. The van der Waals surface area contributed by atoms with Crippen molar-refractivity contribution in [3.63, 3.8) is 0 Å². The zero-order chi connectivity index (χ0) is 12.8. The van der Waals surface area contributed by atoms with Crippen molar-refractivity contribution in [2.45, 2.75) is 38.6 Å². The van der Waals surface area contributed by atoms with Gasteiger partial charge in [-0.05, 0) is 31.7 Å². The number of nitrogens with two attached hydrogens (primary N) is 1. The fourth-order valence-electron chi connectivity index (χ4n) is 2.47. The van der Waals surface area contributed by atoms with E-state index in [1.165, 1.54) is 19.3 Å².